The number of hydrogen-bond donors (Lipinski definition) is 1. The fourth-order valence-corrected chi connectivity index (χ4v) is 2.64. The fraction of sp³-hybridized carbons (Fsp3) is 0.500. The van der Waals surface area contributed by atoms with E-state index in [0.29, 0.717) is 17.8 Å². The van der Waals surface area contributed by atoms with Gasteiger partial charge < -0.3 is 5.73 Å². The van der Waals surface area contributed by atoms with Crippen LogP contribution in [0.15, 0.2) is 18.2 Å². The van der Waals surface area contributed by atoms with Crippen molar-refractivity contribution in [2.45, 2.75) is 58.8 Å². The normalized spacial score (nSPS) is 11.0. The standard InChI is InChI=1S/C18H25N3O/c1-3-5-7-9-13-10-8-11-14-16(19)18(21-20-17(13)14)15(22)12-6-4-2/h8,10-11H,3-7,9,12H2,1-2H3,(H2,19,20). The van der Waals surface area contributed by atoms with Crippen molar-refractivity contribution < 1.29 is 4.79 Å². The van der Waals surface area contributed by atoms with Crippen LogP contribution in [0.1, 0.15) is 68.4 Å². The summed E-state index contributed by atoms with van der Waals surface area (Å²) in [7, 11) is 0. The number of aryl methyl sites for hydroxylation is 1. The van der Waals surface area contributed by atoms with Crippen molar-refractivity contribution in [3.63, 3.8) is 0 Å². The highest BCUT2D eigenvalue weighted by molar-refractivity contribution is 6.05. The van der Waals surface area contributed by atoms with Crippen LogP contribution in [0.3, 0.4) is 0 Å². The monoisotopic (exact) mass is 299 g/mol. The van der Waals surface area contributed by atoms with Crippen LogP contribution in [0.4, 0.5) is 5.69 Å². The molecule has 4 heteroatoms. The minimum absolute atomic E-state index is 0.00913. The van der Waals surface area contributed by atoms with Crippen molar-refractivity contribution in [3.05, 3.63) is 29.5 Å². The number of nitrogens with zero attached hydrogens (tertiary/aromatic N) is 2. The molecule has 0 radical (unpaired) electrons. The summed E-state index contributed by atoms with van der Waals surface area (Å²) in [6, 6.07) is 5.99. The number of benzene rings is 1. The zero-order valence-corrected chi connectivity index (χ0v) is 13.6. The van der Waals surface area contributed by atoms with Gasteiger partial charge in [0.25, 0.3) is 0 Å². The first-order chi connectivity index (χ1) is 10.7. The molecule has 22 heavy (non-hydrogen) atoms. The predicted molar refractivity (Wildman–Crippen MR) is 91.0 cm³/mol. The van der Waals surface area contributed by atoms with Crippen LogP contribution in [-0.2, 0) is 6.42 Å². The number of nitrogen functional groups attached to an aromatic ring is 1. The van der Waals surface area contributed by atoms with Crippen LogP contribution in [0.5, 0.6) is 0 Å². The van der Waals surface area contributed by atoms with Gasteiger partial charge in [0.2, 0.25) is 0 Å². The van der Waals surface area contributed by atoms with E-state index in [1.807, 2.05) is 12.1 Å². The molecule has 0 aliphatic heterocycles. The molecule has 2 N–H and O–H groups in total. The summed E-state index contributed by atoms with van der Waals surface area (Å²) in [5.41, 5.74) is 8.99. The summed E-state index contributed by atoms with van der Waals surface area (Å²) in [6.45, 7) is 4.25. The summed E-state index contributed by atoms with van der Waals surface area (Å²) in [6.07, 6.45) is 6.82. The molecule has 0 saturated carbocycles. The molecule has 0 saturated heterocycles. The number of hydrogen-bond acceptors (Lipinski definition) is 4. The molecule has 1 heterocycles. The Bertz CT molecular complexity index is 652. The third kappa shape index (κ3) is 3.62. The molecule has 118 valence electrons. The number of unbranched alkanes of at least 4 members (excludes halogenated alkanes) is 3. The molecular formula is C18H25N3O. The summed E-state index contributed by atoms with van der Waals surface area (Å²) >= 11 is 0. The maximum Gasteiger partial charge on any atom is 0.185 e. The van der Waals surface area contributed by atoms with E-state index in [0.717, 1.165) is 42.1 Å². The van der Waals surface area contributed by atoms with Crippen LogP contribution in [0, 0.1) is 0 Å². The number of ketones is 1. The third-order valence-corrected chi connectivity index (χ3v) is 3.99. The number of Topliss-reactive ketones (excluding diaryl/α,β-unsaturated/α-hetero) is 1. The number of carbonyl (C=O) groups is 1. The van der Waals surface area contributed by atoms with Gasteiger partial charge in [0.1, 0.15) is 0 Å². The zero-order chi connectivity index (χ0) is 15.9. The molecule has 0 fully saturated rings. The van der Waals surface area contributed by atoms with Crippen LogP contribution in [0.2, 0.25) is 0 Å². The van der Waals surface area contributed by atoms with E-state index < -0.39 is 0 Å². The van der Waals surface area contributed by atoms with Crippen molar-refractivity contribution in [3.8, 4) is 0 Å². The van der Waals surface area contributed by atoms with Gasteiger partial charge in [-0.1, -0.05) is 51.3 Å². The summed E-state index contributed by atoms with van der Waals surface area (Å²) in [5, 5.41) is 9.27. The van der Waals surface area contributed by atoms with E-state index in [4.69, 9.17) is 5.73 Å². The Balaban J connectivity index is 2.33. The number of aromatic nitrogens is 2. The molecule has 0 atom stereocenters. The summed E-state index contributed by atoms with van der Waals surface area (Å²) < 4.78 is 0. The second kappa shape index (κ2) is 7.87. The van der Waals surface area contributed by atoms with Gasteiger partial charge in [-0.05, 0) is 24.8 Å². The highest BCUT2D eigenvalue weighted by Gasteiger charge is 2.16. The molecule has 0 unspecified atom stereocenters. The lowest BCUT2D eigenvalue weighted by atomic mass is 10.0. The SMILES string of the molecule is CCCCCc1cccc2c(N)c(C(=O)CCCC)nnc12. The van der Waals surface area contributed by atoms with Crippen LogP contribution < -0.4 is 5.73 Å². The van der Waals surface area contributed by atoms with E-state index in [9.17, 15) is 4.79 Å². The molecular weight excluding hydrogens is 274 g/mol. The molecule has 1 aromatic heterocycles. The fourth-order valence-electron chi connectivity index (χ4n) is 2.64. The molecule has 0 aliphatic rings. The summed E-state index contributed by atoms with van der Waals surface area (Å²) in [4.78, 5) is 12.2. The van der Waals surface area contributed by atoms with E-state index >= 15 is 0 Å². The lowest BCUT2D eigenvalue weighted by Crippen LogP contribution is -2.09. The second-order valence-corrected chi connectivity index (χ2v) is 5.76. The van der Waals surface area contributed by atoms with E-state index in [1.54, 1.807) is 0 Å². The Morgan fingerprint density at radius 2 is 1.86 bits per heavy atom. The maximum atomic E-state index is 12.2. The van der Waals surface area contributed by atoms with Gasteiger partial charge in [0.05, 0.1) is 11.2 Å². The quantitative estimate of drug-likeness (QED) is 0.582. The van der Waals surface area contributed by atoms with Gasteiger partial charge in [-0.3, -0.25) is 4.79 Å². The first-order valence-corrected chi connectivity index (χ1v) is 8.26. The first-order valence-electron chi connectivity index (χ1n) is 8.26. The number of anilines is 1. The van der Waals surface area contributed by atoms with Gasteiger partial charge in [-0.25, -0.2) is 0 Å². The van der Waals surface area contributed by atoms with E-state index in [1.165, 1.54) is 12.8 Å². The van der Waals surface area contributed by atoms with Gasteiger partial charge in [-0.2, -0.15) is 0 Å². The largest absolute Gasteiger partial charge is 0.396 e. The Morgan fingerprint density at radius 1 is 1.09 bits per heavy atom. The second-order valence-electron chi connectivity index (χ2n) is 5.76. The number of carbonyl (C=O) groups excluding carboxylic acids is 1. The highest BCUT2D eigenvalue weighted by atomic mass is 16.1. The average molecular weight is 299 g/mol. The molecule has 0 aliphatic carbocycles. The van der Waals surface area contributed by atoms with Gasteiger partial charge in [0, 0.05) is 11.8 Å². The molecule has 0 bridgehead atoms. The topological polar surface area (TPSA) is 68.9 Å². The average Bonchev–Trinajstić information content (AvgIpc) is 2.53. The number of nitrogens with two attached hydrogens (primary N) is 1. The minimum Gasteiger partial charge on any atom is -0.396 e. The zero-order valence-electron chi connectivity index (χ0n) is 13.6. The van der Waals surface area contributed by atoms with Crippen molar-refractivity contribution in [1.82, 2.24) is 10.2 Å². The van der Waals surface area contributed by atoms with Crippen molar-refractivity contribution in [2.24, 2.45) is 0 Å². The third-order valence-electron chi connectivity index (χ3n) is 3.99. The van der Waals surface area contributed by atoms with Gasteiger partial charge in [0.15, 0.2) is 11.5 Å². The molecule has 2 aromatic rings. The molecule has 0 spiro atoms. The first kappa shape index (κ1) is 16.4. The molecule has 1 aromatic carbocycles. The lowest BCUT2D eigenvalue weighted by molar-refractivity contribution is 0.0975. The molecule has 4 nitrogen and oxygen atoms in total. The van der Waals surface area contributed by atoms with E-state index in [-0.39, 0.29) is 5.78 Å². The lowest BCUT2D eigenvalue weighted by Gasteiger charge is -2.09. The Labute approximate surface area is 132 Å². The Hall–Kier alpha value is -1.97. The summed E-state index contributed by atoms with van der Waals surface area (Å²) in [5.74, 6) is -0.00913. The Kier molecular flexibility index (Phi) is 5.87. The molecule has 2 rings (SSSR count). The van der Waals surface area contributed by atoms with Crippen molar-refractivity contribution >= 4 is 22.4 Å². The van der Waals surface area contributed by atoms with Gasteiger partial charge in [-0.15, -0.1) is 10.2 Å². The van der Waals surface area contributed by atoms with E-state index in [2.05, 4.69) is 30.1 Å². The van der Waals surface area contributed by atoms with Crippen LogP contribution in [0.25, 0.3) is 10.9 Å². The number of fused-ring (bicyclic) bond motifs is 1. The number of rotatable bonds is 8. The minimum atomic E-state index is -0.00913. The van der Waals surface area contributed by atoms with Gasteiger partial charge >= 0.3 is 0 Å². The predicted octanol–water partition coefficient (Wildman–Crippen LogP) is 4.32. The van der Waals surface area contributed by atoms with Crippen molar-refractivity contribution in [1.29, 1.82) is 0 Å². The molecule has 0 amide bonds. The maximum absolute atomic E-state index is 12.2. The van der Waals surface area contributed by atoms with Crippen LogP contribution >= 0.6 is 0 Å². The van der Waals surface area contributed by atoms with Crippen molar-refractivity contribution in [2.75, 3.05) is 5.73 Å². The highest BCUT2D eigenvalue weighted by Crippen LogP contribution is 2.26. The Morgan fingerprint density at radius 3 is 2.59 bits per heavy atom. The smallest absolute Gasteiger partial charge is 0.185 e. The van der Waals surface area contributed by atoms with Crippen LogP contribution in [-0.4, -0.2) is 16.0 Å².